The van der Waals surface area contributed by atoms with Crippen LogP contribution in [0.5, 0.6) is 0 Å². The minimum atomic E-state index is -0.489. The fraction of sp³-hybridized carbons (Fsp3) is 0.364. The largest absolute Gasteiger partial charge is 0.378 e. The maximum Gasteiger partial charge on any atom is 0.316 e. The number of halogens is 1. The molecule has 104 valence electrons. The second kappa shape index (κ2) is 6.79. The Morgan fingerprint density at radius 2 is 2.11 bits per heavy atom. The SMILES string of the molecule is CN(C)C(=O)NCCNc1cc(Cl)ccc1[N+](=O)[O-]. The Labute approximate surface area is 115 Å². The van der Waals surface area contributed by atoms with E-state index < -0.39 is 4.92 Å². The lowest BCUT2D eigenvalue weighted by molar-refractivity contribution is -0.384. The van der Waals surface area contributed by atoms with Crippen LogP contribution in [-0.4, -0.2) is 43.0 Å². The van der Waals surface area contributed by atoms with Crippen molar-refractivity contribution in [3.8, 4) is 0 Å². The highest BCUT2D eigenvalue weighted by atomic mass is 35.5. The predicted octanol–water partition coefficient (Wildman–Crippen LogP) is 1.93. The predicted molar refractivity (Wildman–Crippen MR) is 73.7 cm³/mol. The molecule has 0 atom stereocenters. The molecular formula is C11H15ClN4O3. The average molecular weight is 287 g/mol. The second-order valence-electron chi connectivity index (χ2n) is 3.97. The second-order valence-corrected chi connectivity index (χ2v) is 4.41. The van der Waals surface area contributed by atoms with Crippen molar-refractivity contribution < 1.29 is 9.72 Å². The Morgan fingerprint density at radius 1 is 1.42 bits per heavy atom. The molecule has 8 heteroatoms. The number of hydrogen-bond donors (Lipinski definition) is 2. The summed E-state index contributed by atoms with van der Waals surface area (Å²) in [6.45, 7) is 0.710. The molecule has 19 heavy (non-hydrogen) atoms. The highest BCUT2D eigenvalue weighted by Crippen LogP contribution is 2.27. The van der Waals surface area contributed by atoms with E-state index >= 15 is 0 Å². The van der Waals surface area contributed by atoms with Gasteiger partial charge in [0.25, 0.3) is 5.69 Å². The fourth-order valence-electron chi connectivity index (χ4n) is 1.33. The van der Waals surface area contributed by atoms with Crippen LogP contribution in [0.2, 0.25) is 5.02 Å². The van der Waals surface area contributed by atoms with Gasteiger partial charge in [-0.1, -0.05) is 11.6 Å². The van der Waals surface area contributed by atoms with E-state index in [0.717, 1.165) is 0 Å². The van der Waals surface area contributed by atoms with E-state index in [4.69, 9.17) is 11.6 Å². The van der Waals surface area contributed by atoms with Crippen LogP contribution < -0.4 is 10.6 Å². The summed E-state index contributed by atoms with van der Waals surface area (Å²) in [6.07, 6.45) is 0. The first-order chi connectivity index (χ1) is 8.91. The number of carbonyl (C=O) groups excluding carboxylic acids is 1. The van der Waals surface area contributed by atoms with E-state index in [-0.39, 0.29) is 11.7 Å². The summed E-state index contributed by atoms with van der Waals surface area (Å²) in [5.74, 6) is 0. The normalized spacial score (nSPS) is 9.84. The van der Waals surface area contributed by atoms with E-state index in [1.165, 1.54) is 23.1 Å². The van der Waals surface area contributed by atoms with Crippen LogP contribution in [-0.2, 0) is 0 Å². The first kappa shape index (κ1) is 15.0. The molecule has 1 aromatic rings. The van der Waals surface area contributed by atoms with Crippen molar-refractivity contribution in [2.45, 2.75) is 0 Å². The summed E-state index contributed by atoms with van der Waals surface area (Å²) < 4.78 is 0. The quantitative estimate of drug-likeness (QED) is 0.492. The monoisotopic (exact) mass is 286 g/mol. The summed E-state index contributed by atoms with van der Waals surface area (Å²) >= 11 is 5.79. The number of urea groups is 1. The Kier molecular flexibility index (Phi) is 5.37. The van der Waals surface area contributed by atoms with Crippen LogP contribution in [0.15, 0.2) is 18.2 Å². The number of anilines is 1. The molecule has 0 unspecified atom stereocenters. The van der Waals surface area contributed by atoms with Gasteiger partial charge in [0, 0.05) is 38.3 Å². The molecule has 0 spiro atoms. The van der Waals surface area contributed by atoms with Gasteiger partial charge in [-0.25, -0.2) is 4.79 Å². The molecule has 0 fully saturated rings. The van der Waals surface area contributed by atoms with E-state index in [1.54, 1.807) is 14.1 Å². The Bertz CT molecular complexity index is 479. The highest BCUT2D eigenvalue weighted by Gasteiger charge is 2.13. The van der Waals surface area contributed by atoms with E-state index in [9.17, 15) is 14.9 Å². The summed E-state index contributed by atoms with van der Waals surface area (Å²) in [4.78, 5) is 23.0. The molecule has 0 aliphatic heterocycles. The maximum absolute atomic E-state index is 11.2. The van der Waals surface area contributed by atoms with Crippen LogP contribution in [0, 0.1) is 10.1 Å². The molecule has 0 heterocycles. The number of nitrogens with zero attached hydrogens (tertiary/aromatic N) is 2. The van der Waals surface area contributed by atoms with Gasteiger partial charge in [0.15, 0.2) is 0 Å². The van der Waals surface area contributed by atoms with Crippen molar-refractivity contribution in [2.75, 3.05) is 32.5 Å². The molecule has 2 amide bonds. The van der Waals surface area contributed by atoms with Gasteiger partial charge in [0.1, 0.15) is 5.69 Å². The lowest BCUT2D eigenvalue weighted by Crippen LogP contribution is -2.37. The number of nitro benzene ring substituents is 1. The van der Waals surface area contributed by atoms with Crippen LogP contribution in [0.25, 0.3) is 0 Å². The number of carbonyl (C=O) groups is 1. The number of nitrogens with one attached hydrogen (secondary N) is 2. The van der Waals surface area contributed by atoms with Gasteiger partial charge >= 0.3 is 6.03 Å². The van der Waals surface area contributed by atoms with Crippen molar-refractivity contribution in [3.05, 3.63) is 33.3 Å². The molecule has 0 bridgehead atoms. The molecule has 0 saturated heterocycles. The zero-order valence-electron chi connectivity index (χ0n) is 10.6. The lowest BCUT2D eigenvalue weighted by Gasteiger charge is -2.12. The van der Waals surface area contributed by atoms with Crippen LogP contribution in [0.4, 0.5) is 16.2 Å². The Hall–Kier alpha value is -2.02. The summed E-state index contributed by atoms with van der Waals surface area (Å²) in [5.41, 5.74) is 0.278. The van der Waals surface area contributed by atoms with Crippen LogP contribution in [0.3, 0.4) is 0 Å². The fourth-order valence-corrected chi connectivity index (χ4v) is 1.51. The molecule has 1 aromatic carbocycles. The van der Waals surface area contributed by atoms with Gasteiger partial charge in [0.05, 0.1) is 4.92 Å². The Morgan fingerprint density at radius 3 is 2.68 bits per heavy atom. The van der Waals surface area contributed by atoms with Gasteiger partial charge in [0.2, 0.25) is 0 Å². The standard InChI is InChI=1S/C11H15ClN4O3/c1-15(2)11(17)14-6-5-13-9-7-8(12)3-4-10(9)16(18)19/h3-4,7,13H,5-6H2,1-2H3,(H,14,17). The number of rotatable bonds is 5. The number of hydrogen-bond acceptors (Lipinski definition) is 4. The molecule has 1 rings (SSSR count). The first-order valence-electron chi connectivity index (χ1n) is 5.55. The van der Waals surface area contributed by atoms with Crippen LogP contribution in [0.1, 0.15) is 0 Å². The molecule has 0 aliphatic rings. The summed E-state index contributed by atoms with van der Waals surface area (Å²) in [5, 5.41) is 16.7. The van der Waals surface area contributed by atoms with Gasteiger partial charge < -0.3 is 15.5 Å². The summed E-state index contributed by atoms with van der Waals surface area (Å²) in [7, 11) is 3.26. The maximum atomic E-state index is 11.2. The molecule has 0 aliphatic carbocycles. The smallest absolute Gasteiger partial charge is 0.316 e. The van der Waals surface area contributed by atoms with Gasteiger partial charge in [-0.05, 0) is 12.1 Å². The molecule has 2 N–H and O–H groups in total. The highest BCUT2D eigenvalue weighted by molar-refractivity contribution is 6.31. The molecule has 0 radical (unpaired) electrons. The van der Waals surface area contributed by atoms with E-state index in [0.29, 0.717) is 23.8 Å². The third kappa shape index (κ3) is 4.63. The van der Waals surface area contributed by atoms with Crippen molar-refractivity contribution >= 4 is 29.0 Å². The Balaban J connectivity index is 2.55. The van der Waals surface area contributed by atoms with Crippen molar-refractivity contribution in [2.24, 2.45) is 0 Å². The first-order valence-corrected chi connectivity index (χ1v) is 5.92. The van der Waals surface area contributed by atoms with Crippen molar-refractivity contribution in [1.82, 2.24) is 10.2 Å². The molecular weight excluding hydrogens is 272 g/mol. The zero-order valence-corrected chi connectivity index (χ0v) is 11.4. The molecule has 0 saturated carbocycles. The average Bonchev–Trinajstić information content (AvgIpc) is 2.33. The molecule has 7 nitrogen and oxygen atoms in total. The zero-order chi connectivity index (χ0) is 14.4. The third-order valence-corrected chi connectivity index (χ3v) is 2.51. The van der Waals surface area contributed by atoms with Gasteiger partial charge in [-0.15, -0.1) is 0 Å². The minimum absolute atomic E-state index is 0.0525. The minimum Gasteiger partial charge on any atom is -0.378 e. The third-order valence-electron chi connectivity index (χ3n) is 2.28. The van der Waals surface area contributed by atoms with Gasteiger partial charge in [-0.2, -0.15) is 0 Å². The topological polar surface area (TPSA) is 87.5 Å². The number of benzene rings is 1. The van der Waals surface area contributed by atoms with Crippen molar-refractivity contribution in [1.29, 1.82) is 0 Å². The number of nitro groups is 1. The van der Waals surface area contributed by atoms with E-state index in [2.05, 4.69) is 10.6 Å². The molecule has 0 aromatic heterocycles. The van der Waals surface area contributed by atoms with Crippen LogP contribution >= 0.6 is 11.6 Å². The lowest BCUT2D eigenvalue weighted by atomic mass is 10.2. The number of amides is 2. The van der Waals surface area contributed by atoms with Gasteiger partial charge in [-0.3, -0.25) is 10.1 Å². The van der Waals surface area contributed by atoms with Crippen molar-refractivity contribution in [3.63, 3.8) is 0 Å². The summed E-state index contributed by atoms with van der Waals surface area (Å²) in [6, 6.07) is 4.05. The van der Waals surface area contributed by atoms with E-state index in [1.807, 2.05) is 0 Å².